The van der Waals surface area contributed by atoms with E-state index in [1.165, 1.54) is 4.90 Å². The van der Waals surface area contributed by atoms with E-state index in [-0.39, 0.29) is 30.4 Å². The molecule has 1 unspecified atom stereocenters. The van der Waals surface area contributed by atoms with Crippen LogP contribution in [0.15, 0.2) is 4.79 Å². The van der Waals surface area contributed by atoms with Crippen molar-refractivity contribution in [2.24, 2.45) is 5.92 Å². The van der Waals surface area contributed by atoms with E-state index in [0.29, 0.717) is 12.0 Å². The van der Waals surface area contributed by atoms with Crippen LogP contribution in [-0.2, 0) is 22.4 Å². The summed E-state index contributed by atoms with van der Waals surface area (Å²) in [5.74, 6) is -1.86. The van der Waals surface area contributed by atoms with Gasteiger partial charge in [-0.1, -0.05) is 0 Å². The van der Waals surface area contributed by atoms with Crippen LogP contribution in [0.3, 0.4) is 0 Å². The van der Waals surface area contributed by atoms with E-state index in [4.69, 9.17) is 5.11 Å². The Kier molecular flexibility index (Phi) is 3.04. The van der Waals surface area contributed by atoms with E-state index in [1.54, 1.807) is 0 Å². The van der Waals surface area contributed by atoms with Gasteiger partial charge in [0.25, 0.3) is 5.56 Å². The summed E-state index contributed by atoms with van der Waals surface area (Å²) in [6.45, 7) is 0.0654. The van der Waals surface area contributed by atoms with Gasteiger partial charge in [0.15, 0.2) is 0 Å². The standard InChI is InChI=1S/C13H15N3O4/c17-10-5-7(12(19)20)6-16(10)13-14-9-4-2-1-3-8(9)11(18)15-13/h7H,1-6H2,(H,19,20)(H,14,15,18). The van der Waals surface area contributed by atoms with Crippen LogP contribution in [0, 0.1) is 5.92 Å². The molecule has 0 saturated carbocycles. The van der Waals surface area contributed by atoms with Crippen LogP contribution in [-0.4, -0.2) is 33.5 Å². The number of fused-ring (bicyclic) bond motifs is 1. The van der Waals surface area contributed by atoms with Crippen molar-refractivity contribution in [3.8, 4) is 0 Å². The van der Waals surface area contributed by atoms with E-state index >= 15 is 0 Å². The summed E-state index contributed by atoms with van der Waals surface area (Å²) < 4.78 is 0. The number of nitrogens with one attached hydrogen (secondary N) is 1. The number of aromatic nitrogens is 2. The van der Waals surface area contributed by atoms with Crippen LogP contribution in [0.5, 0.6) is 0 Å². The van der Waals surface area contributed by atoms with Crippen molar-refractivity contribution in [3.05, 3.63) is 21.6 Å². The van der Waals surface area contributed by atoms with Crippen molar-refractivity contribution in [1.29, 1.82) is 0 Å². The maximum Gasteiger partial charge on any atom is 0.308 e. The van der Waals surface area contributed by atoms with Gasteiger partial charge in [-0.05, 0) is 25.7 Å². The molecular weight excluding hydrogens is 262 g/mol. The third kappa shape index (κ3) is 2.09. The Balaban J connectivity index is 1.95. The quantitative estimate of drug-likeness (QED) is 0.797. The number of rotatable bonds is 2. The highest BCUT2D eigenvalue weighted by Crippen LogP contribution is 2.24. The van der Waals surface area contributed by atoms with E-state index in [0.717, 1.165) is 25.0 Å². The summed E-state index contributed by atoms with van der Waals surface area (Å²) in [6, 6.07) is 0. The molecule has 1 saturated heterocycles. The van der Waals surface area contributed by atoms with Gasteiger partial charge in [-0.15, -0.1) is 0 Å². The number of aromatic amines is 1. The van der Waals surface area contributed by atoms with Gasteiger partial charge in [0.05, 0.1) is 11.6 Å². The van der Waals surface area contributed by atoms with Crippen molar-refractivity contribution >= 4 is 17.8 Å². The number of aliphatic carboxylic acids is 1. The lowest BCUT2D eigenvalue weighted by molar-refractivity contribution is -0.141. The third-order valence-corrected chi connectivity index (χ3v) is 3.91. The first-order valence-electron chi connectivity index (χ1n) is 6.71. The molecule has 2 aliphatic rings. The van der Waals surface area contributed by atoms with E-state index < -0.39 is 11.9 Å². The number of anilines is 1. The zero-order valence-corrected chi connectivity index (χ0v) is 10.9. The first-order chi connectivity index (χ1) is 9.56. The van der Waals surface area contributed by atoms with Crippen LogP contribution in [0.1, 0.15) is 30.5 Å². The van der Waals surface area contributed by atoms with E-state index in [2.05, 4.69) is 9.97 Å². The fraction of sp³-hybridized carbons (Fsp3) is 0.538. The molecule has 3 rings (SSSR count). The first kappa shape index (κ1) is 12.8. The average molecular weight is 277 g/mol. The number of amides is 1. The molecule has 1 aliphatic heterocycles. The molecule has 0 aromatic carbocycles. The maximum atomic E-state index is 12.0. The van der Waals surface area contributed by atoms with Crippen molar-refractivity contribution < 1.29 is 14.7 Å². The van der Waals surface area contributed by atoms with Crippen molar-refractivity contribution in [2.45, 2.75) is 32.1 Å². The predicted octanol–water partition coefficient (Wildman–Crippen LogP) is 0.0862. The Morgan fingerprint density at radius 1 is 1.30 bits per heavy atom. The first-order valence-corrected chi connectivity index (χ1v) is 6.71. The smallest absolute Gasteiger partial charge is 0.308 e. The minimum Gasteiger partial charge on any atom is -0.481 e. The highest BCUT2D eigenvalue weighted by molar-refractivity contribution is 5.97. The Hall–Kier alpha value is -2.18. The summed E-state index contributed by atoms with van der Waals surface area (Å²) in [6.07, 6.45) is 3.35. The van der Waals surface area contributed by atoms with Gasteiger partial charge in [0, 0.05) is 18.5 Å². The molecule has 0 bridgehead atoms. The van der Waals surface area contributed by atoms with Crippen LogP contribution in [0.25, 0.3) is 0 Å². The van der Waals surface area contributed by atoms with Gasteiger partial charge in [0.1, 0.15) is 0 Å². The molecule has 1 aliphatic carbocycles. The molecule has 1 aromatic heterocycles. The molecule has 0 radical (unpaired) electrons. The summed E-state index contributed by atoms with van der Waals surface area (Å²) in [7, 11) is 0. The number of nitrogens with zero attached hydrogens (tertiary/aromatic N) is 2. The highest BCUT2D eigenvalue weighted by Gasteiger charge is 2.36. The molecule has 1 aromatic rings. The normalized spacial score (nSPS) is 21.9. The van der Waals surface area contributed by atoms with E-state index in [9.17, 15) is 14.4 Å². The van der Waals surface area contributed by atoms with Crippen molar-refractivity contribution in [3.63, 3.8) is 0 Å². The SMILES string of the molecule is O=C(O)C1CC(=O)N(c2nc3c(c(=O)[nH]2)CCCC3)C1. The van der Waals surface area contributed by atoms with Crippen LogP contribution < -0.4 is 10.5 Å². The van der Waals surface area contributed by atoms with Gasteiger partial charge in [-0.25, -0.2) is 4.98 Å². The summed E-state index contributed by atoms with van der Waals surface area (Å²) in [5.41, 5.74) is 1.22. The number of hydrogen-bond acceptors (Lipinski definition) is 4. The molecule has 0 spiro atoms. The molecule has 1 atom stereocenters. The van der Waals surface area contributed by atoms with Gasteiger partial charge >= 0.3 is 5.97 Å². The molecular formula is C13H15N3O4. The van der Waals surface area contributed by atoms with Crippen LogP contribution in [0.2, 0.25) is 0 Å². The van der Waals surface area contributed by atoms with Crippen molar-refractivity contribution in [2.75, 3.05) is 11.4 Å². The fourth-order valence-electron chi connectivity index (χ4n) is 2.80. The highest BCUT2D eigenvalue weighted by atomic mass is 16.4. The Morgan fingerprint density at radius 2 is 2.05 bits per heavy atom. The monoisotopic (exact) mass is 277 g/mol. The second kappa shape index (κ2) is 4.73. The minimum atomic E-state index is -0.999. The maximum absolute atomic E-state index is 12.0. The lowest BCUT2D eigenvalue weighted by Crippen LogP contribution is -2.32. The number of aryl methyl sites for hydroxylation is 1. The van der Waals surface area contributed by atoms with Crippen LogP contribution in [0.4, 0.5) is 5.95 Å². The second-order valence-corrected chi connectivity index (χ2v) is 5.27. The molecule has 1 fully saturated rings. The molecule has 7 heteroatoms. The number of carbonyl (C=O) groups excluding carboxylic acids is 1. The van der Waals surface area contributed by atoms with Crippen LogP contribution >= 0.6 is 0 Å². The largest absolute Gasteiger partial charge is 0.481 e. The number of carboxylic acid groups (broad SMARTS) is 1. The van der Waals surface area contributed by atoms with E-state index in [1.807, 2.05) is 0 Å². The Labute approximate surface area is 114 Å². The Morgan fingerprint density at radius 3 is 2.75 bits per heavy atom. The molecule has 106 valence electrons. The van der Waals surface area contributed by atoms with Gasteiger partial charge in [-0.3, -0.25) is 24.3 Å². The fourth-order valence-corrected chi connectivity index (χ4v) is 2.80. The topological polar surface area (TPSA) is 103 Å². The summed E-state index contributed by atoms with van der Waals surface area (Å²) >= 11 is 0. The number of carbonyl (C=O) groups is 2. The predicted molar refractivity (Wildman–Crippen MR) is 69.6 cm³/mol. The third-order valence-electron chi connectivity index (χ3n) is 3.91. The van der Waals surface area contributed by atoms with Gasteiger partial charge < -0.3 is 5.11 Å². The zero-order chi connectivity index (χ0) is 14.3. The zero-order valence-electron chi connectivity index (χ0n) is 10.9. The lowest BCUT2D eigenvalue weighted by Gasteiger charge is -2.19. The van der Waals surface area contributed by atoms with Gasteiger partial charge in [0.2, 0.25) is 11.9 Å². The van der Waals surface area contributed by atoms with Gasteiger partial charge in [-0.2, -0.15) is 0 Å². The summed E-state index contributed by atoms with van der Waals surface area (Å²) in [4.78, 5) is 43.1. The molecule has 20 heavy (non-hydrogen) atoms. The van der Waals surface area contributed by atoms with Crippen molar-refractivity contribution in [1.82, 2.24) is 9.97 Å². The minimum absolute atomic E-state index is 0.0455. The molecule has 7 nitrogen and oxygen atoms in total. The Bertz CT molecular complexity index is 637. The average Bonchev–Trinajstić information content (AvgIpc) is 2.81. The molecule has 2 heterocycles. The number of H-pyrrole nitrogens is 1. The molecule has 2 N–H and O–H groups in total. The summed E-state index contributed by atoms with van der Waals surface area (Å²) in [5, 5.41) is 8.97. The number of hydrogen-bond donors (Lipinski definition) is 2. The lowest BCUT2D eigenvalue weighted by atomic mass is 9.97. The number of carboxylic acids is 1. The second-order valence-electron chi connectivity index (χ2n) is 5.27. The molecule has 1 amide bonds.